The maximum Gasteiger partial charge on any atom is 0.139 e. The van der Waals surface area contributed by atoms with Crippen LogP contribution in [0.15, 0.2) is 16.6 Å². The van der Waals surface area contributed by atoms with Gasteiger partial charge in [-0.1, -0.05) is 0 Å². The van der Waals surface area contributed by atoms with E-state index in [-0.39, 0.29) is 5.82 Å². The third-order valence-corrected chi connectivity index (χ3v) is 6.07. The Morgan fingerprint density at radius 2 is 2.29 bits per heavy atom. The minimum Gasteiger partial charge on any atom is -0.325 e. The molecule has 0 saturated heterocycles. The lowest BCUT2D eigenvalue weighted by molar-refractivity contribution is 0.513. The van der Waals surface area contributed by atoms with Crippen LogP contribution in [0.25, 0.3) is 11.0 Å². The average Bonchev–Trinajstić information content (AvgIpc) is 3.04. The van der Waals surface area contributed by atoms with Gasteiger partial charge in [-0.15, -0.1) is 11.6 Å². The van der Waals surface area contributed by atoms with E-state index in [1.54, 1.807) is 12.1 Å². The third-order valence-electron chi connectivity index (χ3n) is 4.18. The highest BCUT2D eigenvalue weighted by Crippen LogP contribution is 2.39. The summed E-state index contributed by atoms with van der Waals surface area (Å²) in [6.07, 6.45) is 6.35. The van der Waals surface area contributed by atoms with Crippen molar-refractivity contribution in [2.75, 3.05) is 12.1 Å². The smallest absolute Gasteiger partial charge is 0.139 e. The van der Waals surface area contributed by atoms with Gasteiger partial charge in [0.1, 0.15) is 11.6 Å². The van der Waals surface area contributed by atoms with Crippen molar-refractivity contribution in [2.45, 2.75) is 37.0 Å². The van der Waals surface area contributed by atoms with Crippen molar-refractivity contribution in [2.24, 2.45) is 0 Å². The van der Waals surface area contributed by atoms with E-state index < -0.39 is 0 Å². The van der Waals surface area contributed by atoms with Gasteiger partial charge >= 0.3 is 0 Å². The second-order valence-electron chi connectivity index (χ2n) is 5.42. The van der Waals surface area contributed by atoms with E-state index in [0.717, 1.165) is 36.1 Å². The number of imidazole rings is 1. The second kappa shape index (κ2) is 6.47. The number of alkyl halides is 1. The molecule has 114 valence electrons. The zero-order valence-corrected chi connectivity index (χ0v) is 14.9. The minimum absolute atomic E-state index is 0.236. The molecule has 0 amide bonds. The highest BCUT2D eigenvalue weighted by atomic mass is 79.9. The maximum atomic E-state index is 13.9. The largest absolute Gasteiger partial charge is 0.325 e. The molecule has 0 radical (unpaired) electrons. The fourth-order valence-electron chi connectivity index (χ4n) is 3.17. The number of rotatable bonds is 4. The maximum absolute atomic E-state index is 13.9. The molecule has 6 heteroatoms. The molecule has 1 aromatic carbocycles. The zero-order valence-electron chi connectivity index (χ0n) is 11.8. The van der Waals surface area contributed by atoms with Crippen LogP contribution in [0, 0.1) is 5.82 Å². The summed E-state index contributed by atoms with van der Waals surface area (Å²) >= 11 is 11.1. The first-order valence-electron chi connectivity index (χ1n) is 7.08. The van der Waals surface area contributed by atoms with Gasteiger partial charge in [-0.25, -0.2) is 9.37 Å². The van der Waals surface area contributed by atoms with Gasteiger partial charge in [0.05, 0.1) is 15.5 Å². The monoisotopic (exact) mass is 390 g/mol. The SMILES string of the molecule is CSC1CCC(n2c(CCCl)nc3cc(Br)c(F)cc32)C1. The fraction of sp³-hybridized carbons (Fsp3) is 0.533. The molecule has 1 aliphatic carbocycles. The molecule has 0 spiro atoms. The van der Waals surface area contributed by atoms with Crippen molar-refractivity contribution >= 4 is 50.3 Å². The number of halogens is 3. The molecule has 1 aromatic heterocycles. The Bertz CT molecular complexity index is 661. The second-order valence-corrected chi connectivity index (χ2v) is 7.79. The molecule has 0 bridgehead atoms. The van der Waals surface area contributed by atoms with E-state index >= 15 is 0 Å². The van der Waals surface area contributed by atoms with Gasteiger partial charge < -0.3 is 4.57 Å². The van der Waals surface area contributed by atoms with E-state index in [4.69, 9.17) is 11.6 Å². The lowest BCUT2D eigenvalue weighted by atomic mass is 10.2. The van der Waals surface area contributed by atoms with Crippen molar-refractivity contribution in [3.05, 3.63) is 28.2 Å². The number of aromatic nitrogens is 2. The summed E-state index contributed by atoms with van der Waals surface area (Å²) in [5, 5.41) is 0.691. The van der Waals surface area contributed by atoms with Crippen molar-refractivity contribution in [1.29, 1.82) is 0 Å². The van der Waals surface area contributed by atoms with Gasteiger partial charge in [0.2, 0.25) is 0 Å². The summed E-state index contributed by atoms with van der Waals surface area (Å²) in [5.41, 5.74) is 1.73. The highest BCUT2D eigenvalue weighted by Gasteiger charge is 2.28. The number of aryl methyl sites for hydroxylation is 1. The summed E-state index contributed by atoms with van der Waals surface area (Å²) in [6, 6.07) is 3.77. The van der Waals surface area contributed by atoms with E-state index in [2.05, 4.69) is 31.7 Å². The Hall–Kier alpha value is -0.260. The molecule has 1 saturated carbocycles. The molecule has 21 heavy (non-hydrogen) atoms. The Balaban J connectivity index is 2.09. The van der Waals surface area contributed by atoms with Crippen LogP contribution in [0.4, 0.5) is 4.39 Å². The van der Waals surface area contributed by atoms with E-state index in [1.807, 2.05) is 11.8 Å². The Kier molecular flexibility index (Phi) is 4.81. The highest BCUT2D eigenvalue weighted by molar-refractivity contribution is 9.10. The Morgan fingerprint density at radius 1 is 1.48 bits per heavy atom. The first kappa shape index (κ1) is 15.6. The van der Waals surface area contributed by atoms with Gasteiger partial charge in [0.25, 0.3) is 0 Å². The number of nitrogens with zero attached hydrogens (tertiary/aromatic N) is 2. The Labute approximate surface area is 141 Å². The normalized spacial score (nSPS) is 22.3. The summed E-state index contributed by atoms with van der Waals surface area (Å²) in [4.78, 5) is 4.67. The van der Waals surface area contributed by atoms with E-state index in [0.29, 0.717) is 21.6 Å². The predicted molar refractivity (Wildman–Crippen MR) is 92.0 cm³/mol. The van der Waals surface area contributed by atoms with Crippen LogP contribution in [0.5, 0.6) is 0 Å². The predicted octanol–water partition coefficient (Wildman–Crippen LogP) is 5.18. The van der Waals surface area contributed by atoms with Crippen molar-refractivity contribution in [3.63, 3.8) is 0 Å². The van der Waals surface area contributed by atoms with Gasteiger partial charge in [0, 0.05) is 29.7 Å². The van der Waals surface area contributed by atoms with Crippen LogP contribution in [0.3, 0.4) is 0 Å². The number of thioether (sulfide) groups is 1. The molecule has 3 rings (SSSR count). The fourth-order valence-corrected chi connectivity index (χ4v) is 4.46. The first-order chi connectivity index (χ1) is 10.1. The van der Waals surface area contributed by atoms with Crippen LogP contribution < -0.4 is 0 Å². The zero-order chi connectivity index (χ0) is 15.0. The summed E-state index contributed by atoms with van der Waals surface area (Å²) in [7, 11) is 0. The number of benzene rings is 1. The minimum atomic E-state index is -0.236. The molecule has 2 nitrogen and oxygen atoms in total. The van der Waals surface area contributed by atoms with Gasteiger partial charge in [0.15, 0.2) is 0 Å². The molecule has 2 aromatic rings. The van der Waals surface area contributed by atoms with Crippen molar-refractivity contribution in [3.8, 4) is 0 Å². The lowest BCUT2D eigenvalue weighted by Gasteiger charge is -2.17. The number of fused-ring (bicyclic) bond motifs is 1. The third kappa shape index (κ3) is 2.97. The van der Waals surface area contributed by atoms with Crippen LogP contribution in [-0.4, -0.2) is 26.9 Å². The Morgan fingerprint density at radius 3 is 2.95 bits per heavy atom. The molecule has 2 unspecified atom stereocenters. The molecule has 0 aliphatic heterocycles. The molecule has 1 heterocycles. The van der Waals surface area contributed by atoms with Crippen LogP contribution >= 0.6 is 39.3 Å². The van der Waals surface area contributed by atoms with Gasteiger partial charge in [-0.3, -0.25) is 0 Å². The molecule has 0 N–H and O–H groups in total. The lowest BCUT2D eigenvalue weighted by Crippen LogP contribution is -2.11. The van der Waals surface area contributed by atoms with Crippen LogP contribution in [0.2, 0.25) is 0 Å². The number of hydrogen-bond donors (Lipinski definition) is 0. The summed E-state index contributed by atoms with van der Waals surface area (Å²) in [6.45, 7) is 0. The topological polar surface area (TPSA) is 17.8 Å². The molecular weight excluding hydrogens is 375 g/mol. The van der Waals surface area contributed by atoms with Crippen molar-refractivity contribution in [1.82, 2.24) is 9.55 Å². The molecular formula is C15H17BrClFN2S. The van der Waals surface area contributed by atoms with E-state index in [1.165, 1.54) is 6.42 Å². The van der Waals surface area contributed by atoms with E-state index in [9.17, 15) is 4.39 Å². The average molecular weight is 392 g/mol. The standard InChI is InChI=1S/C15H17BrClFN2S/c1-21-10-3-2-9(6-10)20-14-8-12(18)11(16)7-13(14)19-15(20)4-5-17/h7-10H,2-6H2,1H3. The first-order valence-corrected chi connectivity index (χ1v) is 9.70. The quantitative estimate of drug-likeness (QED) is 0.669. The summed E-state index contributed by atoms with van der Waals surface area (Å²) < 4.78 is 16.6. The summed E-state index contributed by atoms with van der Waals surface area (Å²) in [5.74, 6) is 1.27. The van der Waals surface area contributed by atoms with Gasteiger partial charge in [-0.05, 0) is 47.5 Å². The van der Waals surface area contributed by atoms with Crippen LogP contribution in [-0.2, 0) is 6.42 Å². The van der Waals surface area contributed by atoms with Gasteiger partial charge in [-0.2, -0.15) is 11.8 Å². The molecule has 1 aliphatic rings. The van der Waals surface area contributed by atoms with Crippen LogP contribution in [0.1, 0.15) is 31.1 Å². The molecule has 1 fully saturated rings. The van der Waals surface area contributed by atoms with Crippen molar-refractivity contribution < 1.29 is 4.39 Å². The number of hydrogen-bond acceptors (Lipinski definition) is 2. The molecule has 2 atom stereocenters.